The molecular formula is C17H16S. The summed E-state index contributed by atoms with van der Waals surface area (Å²) in [7, 11) is 0. The van der Waals surface area contributed by atoms with Gasteiger partial charge in [-0.05, 0) is 48.9 Å². The second kappa shape index (κ2) is 4.10. The van der Waals surface area contributed by atoms with Crippen molar-refractivity contribution in [3.8, 4) is 0 Å². The lowest BCUT2D eigenvalue weighted by Gasteiger charge is -2.07. The molecule has 0 N–H and O–H groups in total. The molecule has 2 aromatic carbocycles. The molecule has 0 aliphatic heterocycles. The highest BCUT2D eigenvalue weighted by molar-refractivity contribution is 7.25. The SMILES string of the molecule is c1ccc2c(c1)sc1ccc3c(c12)CCCCC3. The molecule has 0 amide bonds. The quantitative estimate of drug-likeness (QED) is 0.475. The van der Waals surface area contributed by atoms with Crippen molar-refractivity contribution < 1.29 is 0 Å². The summed E-state index contributed by atoms with van der Waals surface area (Å²) in [5.41, 5.74) is 3.24. The van der Waals surface area contributed by atoms with Gasteiger partial charge in [0.15, 0.2) is 0 Å². The van der Waals surface area contributed by atoms with E-state index in [1.807, 2.05) is 11.3 Å². The minimum atomic E-state index is 1.27. The van der Waals surface area contributed by atoms with Crippen LogP contribution in [0.3, 0.4) is 0 Å². The fraction of sp³-hybridized carbons (Fsp3) is 0.294. The first-order valence-electron chi connectivity index (χ1n) is 6.85. The third-order valence-corrected chi connectivity index (χ3v) is 5.26. The van der Waals surface area contributed by atoms with Gasteiger partial charge in [0.1, 0.15) is 0 Å². The molecule has 1 heteroatoms. The summed E-state index contributed by atoms with van der Waals surface area (Å²) in [5, 5.41) is 3.02. The zero-order valence-electron chi connectivity index (χ0n) is 10.4. The van der Waals surface area contributed by atoms with Crippen LogP contribution in [0.5, 0.6) is 0 Å². The molecule has 3 aromatic rings. The summed E-state index contributed by atoms with van der Waals surface area (Å²) >= 11 is 1.94. The molecule has 0 bridgehead atoms. The number of hydrogen-bond donors (Lipinski definition) is 0. The third-order valence-electron chi connectivity index (χ3n) is 4.12. The Balaban J connectivity index is 2.14. The molecule has 0 saturated carbocycles. The van der Waals surface area contributed by atoms with Crippen molar-refractivity contribution in [2.75, 3.05) is 0 Å². The smallest absolute Gasteiger partial charge is 0.0358 e. The Labute approximate surface area is 111 Å². The van der Waals surface area contributed by atoms with Crippen molar-refractivity contribution in [1.29, 1.82) is 0 Å². The zero-order valence-corrected chi connectivity index (χ0v) is 11.2. The van der Waals surface area contributed by atoms with Gasteiger partial charge in [0.25, 0.3) is 0 Å². The van der Waals surface area contributed by atoms with Crippen LogP contribution in [0.1, 0.15) is 30.4 Å². The predicted octanol–water partition coefficient (Wildman–Crippen LogP) is 5.32. The highest BCUT2D eigenvalue weighted by Crippen LogP contribution is 2.38. The Hall–Kier alpha value is -1.34. The fourth-order valence-electron chi connectivity index (χ4n) is 3.24. The van der Waals surface area contributed by atoms with Crippen LogP contribution >= 0.6 is 11.3 Å². The van der Waals surface area contributed by atoms with E-state index >= 15 is 0 Å². The highest BCUT2D eigenvalue weighted by Gasteiger charge is 2.14. The van der Waals surface area contributed by atoms with E-state index in [1.54, 1.807) is 16.5 Å². The number of aryl methyl sites for hydroxylation is 2. The summed E-state index contributed by atoms with van der Waals surface area (Å²) in [6, 6.07) is 13.6. The molecular weight excluding hydrogens is 236 g/mol. The van der Waals surface area contributed by atoms with Crippen LogP contribution in [-0.4, -0.2) is 0 Å². The van der Waals surface area contributed by atoms with Crippen LogP contribution < -0.4 is 0 Å². The van der Waals surface area contributed by atoms with Crippen molar-refractivity contribution >= 4 is 31.5 Å². The van der Waals surface area contributed by atoms with Gasteiger partial charge in [0, 0.05) is 20.2 Å². The highest BCUT2D eigenvalue weighted by atomic mass is 32.1. The van der Waals surface area contributed by atoms with Crippen molar-refractivity contribution in [2.45, 2.75) is 32.1 Å². The second-order valence-corrected chi connectivity index (χ2v) is 6.32. The van der Waals surface area contributed by atoms with Gasteiger partial charge in [-0.1, -0.05) is 30.7 Å². The maximum atomic E-state index is 2.37. The van der Waals surface area contributed by atoms with Crippen molar-refractivity contribution in [3.05, 3.63) is 47.5 Å². The lowest BCUT2D eigenvalue weighted by atomic mass is 9.97. The Kier molecular flexibility index (Phi) is 2.41. The standard InChI is InChI=1S/C17H16S/c1-2-6-12-10-11-16-17(13(12)7-3-1)14-8-4-5-9-15(14)18-16/h4-5,8-11H,1-3,6-7H2. The van der Waals surface area contributed by atoms with Gasteiger partial charge in [0.05, 0.1) is 0 Å². The van der Waals surface area contributed by atoms with E-state index in [9.17, 15) is 0 Å². The van der Waals surface area contributed by atoms with Gasteiger partial charge in [-0.15, -0.1) is 11.3 Å². The summed E-state index contributed by atoms with van der Waals surface area (Å²) in [6.07, 6.45) is 6.65. The van der Waals surface area contributed by atoms with Crippen molar-refractivity contribution in [1.82, 2.24) is 0 Å². The Bertz CT molecular complexity index is 721. The zero-order chi connectivity index (χ0) is 11.9. The lowest BCUT2D eigenvalue weighted by Crippen LogP contribution is -1.91. The average Bonchev–Trinajstić information content (AvgIpc) is 2.61. The minimum Gasteiger partial charge on any atom is -0.135 e. The molecule has 1 aliphatic rings. The van der Waals surface area contributed by atoms with Crippen molar-refractivity contribution in [2.24, 2.45) is 0 Å². The third kappa shape index (κ3) is 1.50. The number of hydrogen-bond acceptors (Lipinski definition) is 1. The van der Waals surface area contributed by atoms with E-state index in [-0.39, 0.29) is 0 Å². The molecule has 1 aromatic heterocycles. The average molecular weight is 252 g/mol. The van der Waals surface area contributed by atoms with Crippen LogP contribution in [0, 0.1) is 0 Å². The molecule has 0 spiro atoms. The normalized spacial score (nSPS) is 15.8. The fourth-order valence-corrected chi connectivity index (χ4v) is 4.38. The maximum Gasteiger partial charge on any atom is 0.0358 e. The maximum absolute atomic E-state index is 2.37. The number of rotatable bonds is 0. The molecule has 0 unspecified atom stereocenters. The van der Waals surface area contributed by atoms with Gasteiger partial charge < -0.3 is 0 Å². The van der Waals surface area contributed by atoms with Gasteiger partial charge in [0.2, 0.25) is 0 Å². The molecule has 0 atom stereocenters. The summed E-state index contributed by atoms with van der Waals surface area (Å²) in [6.45, 7) is 0. The molecule has 0 radical (unpaired) electrons. The first kappa shape index (κ1) is 10.6. The van der Waals surface area contributed by atoms with Gasteiger partial charge >= 0.3 is 0 Å². The first-order chi connectivity index (χ1) is 8.93. The lowest BCUT2D eigenvalue weighted by molar-refractivity contribution is 0.712. The van der Waals surface area contributed by atoms with Crippen LogP contribution in [-0.2, 0) is 12.8 Å². The molecule has 0 fully saturated rings. The Morgan fingerprint density at radius 1 is 0.778 bits per heavy atom. The number of fused-ring (bicyclic) bond motifs is 5. The second-order valence-electron chi connectivity index (χ2n) is 5.24. The summed E-state index contributed by atoms with van der Waals surface area (Å²) in [5.74, 6) is 0. The van der Waals surface area contributed by atoms with E-state index in [0.29, 0.717) is 0 Å². The molecule has 1 aliphatic carbocycles. The largest absolute Gasteiger partial charge is 0.135 e. The Morgan fingerprint density at radius 3 is 2.67 bits per heavy atom. The van der Waals surface area contributed by atoms with E-state index in [1.165, 1.54) is 46.9 Å². The van der Waals surface area contributed by atoms with E-state index in [2.05, 4.69) is 36.4 Å². The molecule has 4 rings (SSSR count). The molecule has 0 nitrogen and oxygen atoms in total. The summed E-state index contributed by atoms with van der Waals surface area (Å²) < 4.78 is 2.90. The summed E-state index contributed by atoms with van der Waals surface area (Å²) in [4.78, 5) is 0. The molecule has 1 heterocycles. The van der Waals surface area contributed by atoms with Crippen LogP contribution in [0.25, 0.3) is 20.2 Å². The van der Waals surface area contributed by atoms with Crippen molar-refractivity contribution in [3.63, 3.8) is 0 Å². The minimum absolute atomic E-state index is 1.27. The first-order valence-corrected chi connectivity index (χ1v) is 7.67. The topological polar surface area (TPSA) is 0 Å². The van der Waals surface area contributed by atoms with Crippen LogP contribution in [0.15, 0.2) is 36.4 Å². The van der Waals surface area contributed by atoms with E-state index < -0.39 is 0 Å². The van der Waals surface area contributed by atoms with E-state index in [0.717, 1.165) is 0 Å². The molecule has 90 valence electrons. The Morgan fingerprint density at radius 2 is 1.67 bits per heavy atom. The van der Waals surface area contributed by atoms with Crippen LogP contribution in [0.4, 0.5) is 0 Å². The number of thiophene rings is 1. The van der Waals surface area contributed by atoms with E-state index in [4.69, 9.17) is 0 Å². The van der Waals surface area contributed by atoms with Crippen LogP contribution in [0.2, 0.25) is 0 Å². The van der Waals surface area contributed by atoms with Gasteiger partial charge in [-0.2, -0.15) is 0 Å². The monoisotopic (exact) mass is 252 g/mol. The van der Waals surface area contributed by atoms with Gasteiger partial charge in [-0.25, -0.2) is 0 Å². The predicted molar refractivity (Wildman–Crippen MR) is 80.6 cm³/mol. The van der Waals surface area contributed by atoms with Gasteiger partial charge in [-0.3, -0.25) is 0 Å². The molecule has 0 saturated heterocycles. The number of benzene rings is 2. The molecule has 18 heavy (non-hydrogen) atoms.